The van der Waals surface area contributed by atoms with Gasteiger partial charge in [-0.25, -0.2) is 4.39 Å². The first-order chi connectivity index (χ1) is 7.57. The molecule has 0 nitrogen and oxygen atoms in total. The smallest absolute Gasteiger partial charge is 0.206 e. The third-order valence-corrected chi connectivity index (χ3v) is 2.24. The summed E-state index contributed by atoms with van der Waals surface area (Å²) in [5.41, 5.74) is -4.08. The number of hydrogen-bond acceptors (Lipinski definition) is 0. The summed E-state index contributed by atoms with van der Waals surface area (Å²) in [5.74, 6) is -2.77. The lowest BCUT2D eigenvalue weighted by molar-refractivity contribution is -0.143. The zero-order valence-corrected chi connectivity index (χ0v) is 8.64. The van der Waals surface area contributed by atoms with E-state index in [9.17, 15) is 30.7 Å². The molecule has 0 atom stereocenters. The van der Waals surface area contributed by atoms with Gasteiger partial charge < -0.3 is 0 Å². The molecule has 0 unspecified atom stereocenters. The van der Waals surface area contributed by atoms with Crippen LogP contribution in [-0.4, -0.2) is 0 Å². The molecule has 0 bridgehead atoms. The molecule has 0 N–H and O–H groups in total. The van der Waals surface area contributed by atoms with E-state index in [0.29, 0.717) is 0 Å². The van der Waals surface area contributed by atoms with Crippen LogP contribution in [0.4, 0.5) is 30.7 Å². The van der Waals surface area contributed by atoms with Gasteiger partial charge in [0.05, 0.1) is 11.1 Å². The van der Waals surface area contributed by atoms with Crippen molar-refractivity contribution in [3.05, 3.63) is 34.6 Å². The van der Waals surface area contributed by atoms with Gasteiger partial charge in [0, 0.05) is 5.88 Å². The molecule has 0 saturated carbocycles. The van der Waals surface area contributed by atoms with Gasteiger partial charge >= 0.3 is 12.4 Å². The van der Waals surface area contributed by atoms with Crippen molar-refractivity contribution < 1.29 is 30.7 Å². The molecule has 0 radical (unpaired) electrons. The average molecular weight is 281 g/mol. The fourth-order valence-corrected chi connectivity index (χ4v) is 1.43. The second-order valence-electron chi connectivity index (χ2n) is 3.12. The maximum Gasteiger partial charge on any atom is 0.419 e. The maximum absolute atomic E-state index is 12.9. The van der Waals surface area contributed by atoms with Gasteiger partial charge in [0.15, 0.2) is 0 Å². The standard InChI is InChI=1S/C9H4ClF7/c10-3-4-1-6(9(15,16)17)7(11)2-5(4)8(12,13)14/h1-2H,3H2. The topological polar surface area (TPSA) is 0 Å². The largest absolute Gasteiger partial charge is 0.419 e. The summed E-state index contributed by atoms with van der Waals surface area (Å²) in [6, 6.07) is -0.119. The quantitative estimate of drug-likeness (QED) is 0.521. The van der Waals surface area contributed by atoms with Gasteiger partial charge in [-0.3, -0.25) is 0 Å². The molecule has 8 heteroatoms. The van der Waals surface area contributed by atoms with Gasteiger partial charge in [-0.05, 0) is 17.7 Å². The Morgan fingerprint density at radius 2 is 1.35 bits per heavy atom. The highest BCUT2D eigenvalue weighted by atomic mass is 35.5. The minimum Gasteiger partial charge on any atom is -0.206 e. The van der Waals surface area contributed by atoms with E-state index >= 15 is 0 Å². The first kappa shape index (κ1) is 14.1. The highest BCUT2D eigenvalue weighted by Gasteiger charge is 2.39. The lowest BCUT2D eigenvalue weighted by Crippen LogP contribution is -2.14. The number of halogens is 8. The summed E-state index contributed by atoms with van der Waals surface area (Å²) in [6.07, 6.45) is -10.0. The lowest BCUT2D eigenvalue weighted by Gasteiger charge is -2.15. The SMILES string of the molecule is Fc1cc(C(F)(F)F)c(CCl)cc1C(F)(F)F. The van der Waals surface area contributed by atoms with Crippen molar-refractivity contribution in [1.29, 1.82) is 0 Å². The second-order valence-corrected chi connectivity index (χ2v) is 3.39. The average Bonchev–Trinajstić information content (AvgIpc) is 2.14. The monoisotopic (exact) mass is 280 g/mol. The van der Waals surface area contributed by atoms with Crippen LogP contribution >= 0.6 is 11.6 Å². The van der Waals surface area contributed by atoms with Gasteiger partial charge in [0.2, 0.25) is 0 Å². The second kappa shape index (κ2) is 4.36. The molecule has 0 amide bonds. The Labute approximate surface area is 96.0 Å². The summed E-state index contributed by atoms with van der Waals surface area (Å²) < 4.78 is 86.6. The van der Waals surface area contributed by atoms with Crippen molar-refractivity contribution in [3.8, 4) is 0 Å². The van der Waals surface area contributed by atoms with Crippen molar-refractivity contribution in [2.75, 3.05) is 0 Å². The number of rotatable bonds is 1. The Kier molecular flexibility index (Phi) is 3.61. The fourth-order valence-electron chi connectivity index (χ4n) is 1.21. The molecule has 0 heterocycles. The summed E-state index contributed by atoms with van der Waals surface area (Å²) in [5, 5.41) is 0. The number of hydrogen-bond donors (Lipinski definition) is 0. The molecule has 0 aliphatic carbocycles. The Balaban J connectivity index is 3.46. The highest BCUT2D eigenvalue weighted by Crippen LogP contribution is 2.38. The Hall–Kier alpha value is -0.980. The molecule has 1 rings (SSSR count). The number of benzene rings is 1. The summed E-state index contributed by atoms with van der Waals surface area (Å²) in [4.78, 5) is 0. The first-order valence-electron chi connectivity index (χ1n) is 4.10. The highest BCUT2D eigenvalue weighted by molar-refractivity contribution is 6.17. The van der Waals surface area contributed by atoms with Gasteiger partial charge in [0.1, 0.15) is 5.82 Å². The van der Waals surface area contributed by atoms with Gasteiger partial charge in [-0.1, -0.05) is 0 Å². The van der Waals surface area contributed by atoms with E-state index in [2.05, 4.69) is 0 Å². The van der Waals surface area contributed by atoms with Gasteiger partial charge in [-0.15, -0.1) is 11.6 Å². The normalized spacial score (nSPS) is 12.9. The molecule has 0 fully saturated rings. The van der Waals surface area contributed by atoms with Crippen LogP contribution in [-0.2, 0) is 18.2 Å². The summed E-state index contributed by atoms with van der Waals surface area (Å²) >= 11 is 5.12. The van der Waals surface area contributed by atoms with Crippen LogP contribution < -0.4 is 0 Å². The van der Waals surface area contributed by atoms with Crippen LogP contribution in [0.1, 0.15) is 16.7 Å². The molecule has 1 aromatic rings. The minimum atomic E-state index is -5.06. The maximum atomic E-state index is 12.9. The number of alkyl halides is 7. The minimum absolute atomic E-state index is 0.0746. The van der Waals surface area contributed by atoms with E-state index in [1.54, 1.807) is 0 Å². The predicted molar refractivity (Wildman–Crippen MR) is 46.0 cm³/mol. The van der Waals surface area contributed by atoms with E-state index in [1.165, 1.54) is 0 Å². The molecule has 0 spiro atoms. The van der Waals surface area contributed by atoms with E-state index in [-0.39, 0.29) is 12.1 Å². The van der Waals surface area contributed by atoms with Crippen LogP contribution in [0.3, 0.4) is 0 Å². The zero-order valence-electron chi connectivity index (χ0n) is 7.89. The molecule has 96 valence electrons. The molecule has 0 saturated heterocycles. The molecule has 1 aromatic carbocycles. The lowest BCUT2D eigenvalue weighted by atomic mass is 10.0. The first-order valence-corrected chi connectivity index (χ1v) is 4.63. The third kappa shape index (κ3) is 3.02. The van der Waals surface area contributed by atoms with Gasteiger partial charge in [0.25, 0.3) is 0 Å². The zero-order chi connectivity index (χ0) is 13.4. The summed E-state index contributed by atoms with van der Waals surface area (Å²) in [7, 11) is 0. The predicted octanol–water partition coefficient (Wildman–Crippen LogP) is 4.60. The Morgan fingerprint density at radius 3 is 1.71 bits per heavy atom. The van der Waals surface area contributed by atoms with Gasteiger partial charge in [-0.2, -0.15) is 26.3 Å². The molecule has 0 aliphatic heterocycles. The fraction of sp³-hybridized carbons (Fsp3) is 0.333. The Bertz CT molecular complexity index is 419. The Morgan fingerprint density at radius 1 is 0.882 bits per heavy atom. The van der Waals surface area contributed by atoms with Crippen molar-refractivity contribution >= 4 is 11.6 Å². The molecule has 0 aliphatic rings. The molecule has 0 aromatic heterocycles. The van der Waals surface area contributed by atoms with Crippen LogP contribution in [0.2, 0.25) is 0 Å². The van der Waals surface area contributed by atoms with E-state index in [4.69, 9.17) is 11.6 Å². The van der Waals surface area contributed by atoms with Crippen molar-refractivity contribution in [2.24, 2.45) is 0 Å². The van der Waals surface area contributed by atoms with Crippen LogP contribution in [0.25, 0.3) is 0 Å². The van der Waals surface area contributed by atoms with Crippen molar-refractivity contribution in [3.63, 3.8) is 0 Å². The molecule has 17 heavy (non-hydrogen) atoms. The third-order valence-electron chi connectivity index (χ3n) is 1.95. The molecular formula is C9H4ClF7. The van der Waals surface area contributed by atoms with E-state index in [1.807, 2.05) is 0 Å². The van der Waals surface area contributed by atoms with E-state index in [0.717, 1.165) is 0 Å². The van der Waals surface area contributed by atoms with Crippen LogP contribution in [0.5, 0.6) is 0 Å². The van der Waals surface area contributed by atoms with Crippen molar-refractivity contribution in [2.45, 2.75) is 18.2 Å². The molecular weight excluding hydrogens is 277 g/mol. The van der Waals surface area contributed by atoms with Crippen LogP contribution in [0.15, 0.2) is 12.1 Å². The van der Waals surface area contributed by atoms with Crippen LogP contribution in [0, 0.1) is 5.82 Å². The van der Waals surface area contributed by atoms with Crippen molar-refractivity contribution in [1.82, 2.24) is 0 Å². The van der Waals surface area contributed by atoms with E-state index < -0.39 is 40.7 Å². The summed E-state index contributed by atoms with van der Waals surface area (Å²) in [6.45, 7) is 0.